The lowest BCUT2D eigenvalue weighted by Gasteiger charge is -2.22. The Morgan fingerprint density at radius 2 is 1.70 bits per heavy atom. The molecule has 2 aliphatic heterocycles. The van der Waals surface area contributed by atoms with E-state index in [2.05, 4.69) is 15.9 Å². The number of hydrogen-bond donors (Lipinski definition) is 0. The number of rotatable bonds is 3. The van der Waals surface area contributed by atoms with Crippen LogP contribution < -0.4 is 14.4 Å². The smallest absolute Gasteiger partial charge is 0.332 e. The van der Waals surface area contributed by atoms with Gasteiger partial charge < -0.3 is 9.47 Å². The van der Waals surface area contributed by atoms with Crippen molar-refractivity contribution >= 4 is 33.6 Å². The van der Waals surface area contributed by atoms with Crippen molar-refractivity contribution in [1.29, 1.82) is 0 Å². The predicted octanol–water partition coefficient (Wildman–Crippen LogP) is 3.89. The standard InChI is InChI=1S/C20H19BrN2O4/c1-12-3-5-15(6-4-12)23-13(2)19(24)22(20(23)25)11-14-9-17-18(10-16(14)21)27-8-7-26-17/h3-6,9-10,13H,7-8,11H2,1-2H3/t13-/m0/s1. The summed E-state index contributed by atoms with van der Waals surface area (Å²) in [5.74, 6) is 1.06. The fraction of sp³-hybridized carbons (Fsp3) is 0.300. The van der Waals surface area contributed by atoms with Crippen LogP contribution in [0.4, 0.5) is 10.5 Å². The van der Waals surface area contributed by atoms with E-state index >= 15 is 0 Å². The number of urea groups is 1. The topological polar surface area (TPSA) is 59.1 Å². The number of halogens is 1. The Kier molecular flexibility index (Phi) is 4.55. The van der Waals surface area contributed by atoms with Gasteiger partial charge in [-0.1, -0.05) is 33.6 Å². The summed E-state index contributed by atoms with van der Waals surface area (Å²) in [6, 6.07) is 10.4. The lowest BCUT2D eigenvalue weighted by Crippen LogP contribution is -2.33. The molecule has 2 aromatic rings. The van der Waals surface area contributed by atoms with Crippen LogP contribution in [0, 0.1) is 6.92 Å². The Morgan fingerprint density at radius 3 is 2.37 bits per heavy atom. The Morgan fingerprint density at radius 1 is 1.07 bits per heavy atom. The molecule has 1 fully saturated rings. The number of hydrogen-bond acceptors (Lipinski definition) is 4. The van der Waals surface area contributed by atoms with Gasteiger partial charge in [0.1, 0.15) is 19.3 Å². The van der Waals surface area contributed by atoms with Crippen molar-refractivity contribution in [3.05, 3.63) is 52.0 Å². The van der Waals surface area contributed by atoms with Crippen LogP contribution in [0.3, 0.4) is 0 Å². The van der Waals surface area contributed by atoms with Gasteiger partial charge in [0.25, 0.3) is 5.91 Å². The minimum absolute atomic E-state index is 0.168. The van der Waals surface area contributed by atoms with Gasteiger partial charge in [-0.3, -0.25) is 14.6 Å². The van der Waals surface area contributed by atoms with E-state index in [4.69, 9.17) is 9.47 Å². The van der Waals surface area contributed by atoms with Crippen molar-refractivity contribution in [2.24, 2.45) is 0 Å². The zero-order chi connectivity index (χ0) is 19.1. The van der Waals surface area contributed by atoms with Crippen LogP contribution in [-0.4, -0.2) is 36.1 Å². The van der Waals surface area contributed by atoms with Gasteiger partial charge in [0.05, 0.1) is 6.54 Å². The third kappa shape index (κ3) is 3.16. The fourth-order valence-electron chi connectivity index (χ4n) is 3.31. The van der Waals surface area contributed by atoms with Crippen molar-refractivity contribution in [1.82, 2.24) is 4.90 Å². The number of imide groups is 1. The molecule has 1 atom stereocenters. The average Bonchev–Trinajstić information content (AvgIpc) is 2.86. The van der Waals surface area contributed by atoms with Crippen LogP contribution >= 0.6 is 15.9 Å². The van der Waals surface area contributed by atoms with E-state index in [-0.39, 0.29) is 18.5 Å². The molecule has 0 radical (unpaired) electrons. The number of ether oxygens (including phenoxy) is 2. The van der Waals surface area contributed by atoms with E-state index in [1.165, 1.54) is 9.80 Å². The fourth-order valence-corrected chi connectivity index (χ4v) is 3.76. The summed E-state index contributed by atoms with van der Waals surface area (Å²) in [6.45, 7) is 4.88. The zero-order valence-electron chi connectivity index (χ0n) is 15.1. The SMILES string of the molecule is Cc1ccc(N2C(=O)N(Cc3cc4c(cc3Br)OCCO4)C(=O)[C@@H]2C)cc1. The Balaban J connectivity index is 1.62. The maximum Gasteiger partial charge on any atom is 0.332 e. The predicted molar refractivity (Wildman–Crippen MR) is 104 cm³/mol. The van der Waals surface area contributed by atoms with Crippen LogP contribution in [0.1, 0.15) is 18.1 Å². The molecule has 0 aromatic heterocycles. The number of aryl methyl sites for hydroxylation is 1. The van der Waals surface area contributed by atoms with E-state index < -0.39 is 6.04 Å². The van der Waals surface area contributed by atoms with Crippen molar-refractivity contribution in [2.75, 3.05) is 18.1 Å². The van der Waals surface area contributed by atoms with E-state index in [1.54, 1.807) is 6.92 Å². The highest BCUT2D eigenvalue weighted by Crippen LogP contribution is 2.37. The van der Waals surface area contributed by atoms with Crippen LogP contribution in [0.5, 0.6) is 11.5 Å². The molecule has 0 saturated carbocycles. The molecule has 0 bridgehead atoms. The molecule has 0 aliphatic carbocycles. The first-order valence-electron chi connectivity index (χ1n) is 8.75. The Bertz CT molecular complexity index is 913. The normalized spacial score (nSPS) is 19.0. The van der Waals surface area contributed by atoms with Crippen molar-refractivity contribution in [2.45, 2.75) is 26.4 Å². The van der Waals surface area contributed by atoms with Crippen LogP contribution in [0.25, 0.3) is 0 Å². The van der Waals surface area contributed by atoms with Crippen LogP contribution in [-0.2, 0) is 11.3 Å². The van der Waals surface area contributed by atoms with Crippen LogP contribution in [0.15, 0.2) is 40.9 Å². The highest BCUT2D eigenvalue weighted by molar-refractivity contribution is 9.10. The van der Waals surface area contributed by atoms with Gasteiger partial charge in [0.2, 0.25) is 0 Å². The number of benzene rings is 2. The second kappa shape index (κ2) is 6.88. The van der Waals surface area contributed by atoms with Crippen molar-refractivity contribution in [3.63, 3.8) is 0 Å². The molecule has 0 unspecified atom stereocenters. The summed E-state index contributed by atoms with van der Waals surface area (Å²) in [4.78, 5) is 28.6. The lowest BCUT2D eigenvalue weighted by atomic mass is 10.1. The van der Waals surface area contributed by atoms with Gasteiger partial charge in [-0.25, -0.2) is 4.79 Å². The van der Waals surface area contributed by atoms with E-state index in [0.29, 0.717) is 24.7 Å². The molecule has 27 heavy (non-hydrogen) atoms. The van der Waals surface area contributed by atoms with Gasteiger partial charge >= 0.3 is 6.03 Å². The number of nitrogens with zero attached hydrogens (tertiary/aromatic N) is 2. The molecule has 7 heteroatoms. The van der Waals surface area contributed by atoms with E-state index in [1.807, 2.05) is 43.3 Å². The first kappa shape index (κ1) is 17.9. The minimum Gasteiger partial charge on any atom is -0.486 e. The summed E-state index contributed by atoms with van der Waals surface area (Å²) >= 11 is 3.51. The number of fused-ring (bicyclic) bond motifs is 1. The Labute approximate surface area is 165 Å². The highest BCUT2D eigenvalue weighted by Gasteiger charge is 2.43. The summed E-state index contributed by atoms with van der Waals surface area (Å²) in [5, 5.41) is 0. The number of carbonyl (C=O) groups excluding carboxylic acids is 2. The quantitative estimate of drug-likeness (QED) is 0.693. The average molecular weight is 431 g/mol. The summed E-state index contributed by atoms with van der Waals surface area (Å²) < 4.78 is 11.9. The zero-order valence-corrected chi connectivity index (χ0v) is 16.7. The second-order valence-electron chi connectivity index (χ2n) is 6.68. The molecule has 6 nitrogen and oxygen atoms in total. The second-order valence-corrected chi connectivity index (χ2v) is 7.53. The van der Waals surface area contributed by atoms with Gasteiger partial charge in [-0.15, -0.1) is 0 Å². The summed E-state index contributed by atoms with van der Waals surface area (Å²) in [7, 11) is 0. The largest absolute Gasteiger partial charge is 0.486 e. The lowest BCUT2D eigenvalue weighted by molar-refractivity contribution is -0.127. The molecule has 0 N–H and O–H groups in total. The summed E-state index contributed by atoms with van der Waals surface area (Å²) in [6.07, 6.45) is 0. The first-order valence-corrected chi connectivity index (χ1v) is 9.54. The first-order chi connectivity index (χ1) is 13.0. The number of anilines is 1. The van der Waals surface area contributed by atoms with E-state index in [9.17, 15) is 9.59 Å². The van der Waals surface area contributed by atoms with Crippen molar-refractivity contribution in [3.8, 4) is 11.5 Å². The molecule has 0 spiro atoms. The number of carbonyl (C=O) groups is 2. The maximum absolute atomic E-state index is 13.0. The molecular weight excluding hydrogens is 412 g/mol. The molecule has 4 rings (SSSR count). The van der Waals surface area contributed by atoms with Gasteiger partial charge in [0, 0.05) is 10.2 Å². The molecule has 2 aromatic carbocycles. The van der Waals surface area contributed by atoms with Gasteiger partial charge in [-0.05, 0) is 43.7 Å². The highest BCUT2D eigenvalue weighted by atomic mass is 79.9. The van der Waals surface area contributed by atoms with Crippen LogP contribution in [0.2, 0.25) is 0 Å². The van der Waals surface area contributed by atoms with E-state index in [0.717, 1.165) is 21.3 Å². The molecule has 3 amide bonds. The number of amides is 3. The van der Waals surface area contributed by atoms with Gasteiger partial charge in [0.15, 0.2) is 11.5 Å². The van der Waals surface area contributed by atoms with Gasteiger partial charge in [-0.2, -0.15) is 0 Å². The molecular formula is C20H19BrN2O4. The summed E-state index contributed by atoms with van der Waals surface area (Å²) in [5.41, 5.74) is 2.61. The molecule has 2 heterocycles. The molecule has 1 saturated heterocycles. The Hall–Kier alpha value is -2.54. The maximum atomic E-state index is 13.0. The minimum atomic E-state index is -0.545. The molecule has 2 aliphatic rings. The third-order valence-corrected chi connectivity index (χ3v) is 5.54. The third-order valence-electron chi connectivity index (χ3n) is 4.80. The monoisotopic (exact) mass is 430 g/mol. The molecule has 140 valence electrons. The van der Waals surface area contributed by atoms with Crippen molar-refractivity contribution < 1.29 is 19.1 Å².